The van der Waals surface area contributed by atoms with Crippen molar-refractivity contribution in [2.45, 2.75) is 75.2 Å². The number of rotatable bonds is 25. The van der Waals surface area contributed by atoms with E-state index in [0.29, 0.717) is 45.6 Å². The number of hydrogen-bond donors (Lipinski definition) is 5. The van der Waals surface area contributed by atoms with Gasteiger partial charge < -0.3 is 54.9 Å². The molecule has 2 aliphatic rings. The predicted molar refractivity (Wildman–Crippen MR) is 159 cm³/mol. The Balaban J connectivity index is 1.30. The highest BCUT2D eigenvalue weighted by Crippen LogP contribution is 2.36. The monoisotopic (exact) mass is 661 g/mol. The van der Waals surface area contributed by atoms with E-state index in [-0.39, 0.29) is 25.7 Å². The highest BCUT2D eigenvalue weighted by molar-refractivity contribution is 8.76. The molecular formula is C25H46ClN4O10S2-. The minimum Gasteiger partial charge on any atom is -0.394 e. The lowest BCUT2D eigenvalue weighted by molar-refractivity contribution is -0.253. The molecule has 14 nitrogen and oxygen atoms in total. The summed E-state index contributed by atoms with van der Waals surface area (Å²) in [5.74, 6) is 2.13. The number of aliphatic hydroxyl groups is 4. The molecule has 0 bridgehead atoms. The van der Waals surface area contributed by atoms with Crippen LogP contribution in [0.15, 0.2) is 9.86 Å². The quantitative estimate of drug-likeness (QED) is 0.0411. The topological polar surface area (TPSA) is 195 Å². The molecule has 1 aliphatic heterocycles. The highest BCUT2D eigenvalue weighted by atomic mass is 35.5. The molecule has 0 aromatic carbocycles. The van der Waals surface area contributed by atoms with Gasteiger partial charge in [-0.05, 0) is 24.8 Å². The first-order valence-corrected chi connectivity index (χ1v) is 17.2. The molecule has 6 unspecified atom stereocenters. The van der Waals surface area contributed by atoms with E-state index in [4.69, 9.17) is 40.6 Å². The maximum Gasteiger partial charge on any atom is 0.222 e. The maximum atomic E-state index is 12.0. The molecular weight excluding hydrogens is 616 g/mol. The van der Waals surface area contributed by atoms with Gasteiger partial charge in [0.15, 0.2) is 6.29 Å². The van der Waals surface area contributed by atoms with Crippen molar-refractivity contribution in [2.75, 3.05) is 71.0 Å². The minimum atomic E-state index is -1.55. The zero-order valence-electron chi connectivity index (χ0n) is 23.8. The zero-order valence-corrected chi connectivity index (χ0v) is 26.2. The van der Waals surface area contributed by atoms with E-state index in [9.17, 15) is 20.1 Å². The van der Waals surface area contributed by atoms with E-state index >= 15 is 0 Å². The number of carbonyl (C=O) groups is 1. The second-order valence-corrected chi connectivity index (χ2v) is 12.7. The Morgan fingerprint density at radius 1 is 0.952 bits per heavy atom. The van der Waals surface area contributed by atoms with E-state index in [1.54, 1.807) is 10.8 Å². The summed E-state index contributed by atoms with van der Waals surface area (Å²) in [6, 6.07) is -0.966. The number of hydrogen-bond acceptors (Lipinski definition) is 14. The van der Waals surface area contributed by atoms with Crippen LogP contribution in [0.3, 0.4) is 0 Å². The van der Waals surface area contributed by atoms with Crippen LogP contribution in [0, 0.1) is 5.92 Å². The molecule has 17 heteroatoms. The van der Waals surface area contributed by atoms with Crippen molar-refractivity contribution < 1.29 is 48.9 Å². The Bertz CT molecular complexity index is 735. The number of aliphatic hydroxyl groups excluding tert-OH is 4. The lowest BCUT2D eigenvalue weighted by atomic mass is 9.78. The summed E-state index contributed by atoms with van der Waals surface area (Å²) in [5, 5.41) is 44.9. The number of nitrogens with one attached hydrogen (secondary N) is 1. The average molecular weight is 662 g/mol. The number of halogens is 1. The Morgan fingerprint density at radius 3 is 2.17 bits per heavy atom. The van der Waals surface area contributed by atoms with Crippen LogP contribution < -0.4 is 5.32 Å². The van der Waals surface area contributed by atoms with Crippen molar-refractivity contribution in [1.29, 1.82) is 0 Å². The minimum absolute atomic E-state index is 0.0173. The van der Waals surface area contributed by atoms with Crippen LogP contribution in [-0.2, 0) is 28.5 Å². The summed E-state index contributed by atoms with van der Waals surface area (Å²) in [5.41, 5.74) is 4.24. The van der Waals surface area contributed by atoms with Gasteiger partial charge in [0.05, 0.1) is 59.5 Å². The van der Waals surface area contributed by atoms with E-state index in [0.717, 1.165) is 24.3 Å². The molecule has 42 heavy (non-hydrogen) atoms. The molecule has 1 saturated heterocycles. The van der Waals surface area contributed by atoms with Gasteiger partial charge in [0.2, 0.25) is 5.91 Å². The van der Waals surface area contributed by atoms with Crippen LogP contribution in [0.5, 0.6) is 0 Å². The summed E-state index contributed by atoms with van der Waals surface area (Å²) in [7, 11) is 3.65. The first kappa shape index (κ1) is 37.7. The predicted octanol–water partition coefficient (Wildman–Crippen LogP) is 1.58. The van der Waals surface area contributed by atoms with Crippen molar-refractivity contribution >= 4 is 39.3 Å². The van der Waals surface area contributed by atoms with Crippen molar-refractivity contribution in [2.24, 2.45) is 15.8 Å². The number of amides is 1. The Hall–Kier alpha value is -0.500. The molecule has 1 aliphatic carbocycles. The third-order valence-electron chi connectivity index (χ3n) is 6.87. The Morgan fingerprint density at radius 2 is 1.57 bits per heavy atom. The molecule has 0 radical (unpaired) electrons. The molecule has 246 valence electrons. The molecule has 6 atom stereocenters. The SMILES string of the molecule is O=C(CCOCCOCCOCCOCCSSCCCC([N-]N=NCl)C1CCC1)NC1C(O)OC(CO)C(O)C1O. The second-order valence-electron chi connectivity index (χ2n) is 9.85. The van der Waals surface area contributed by atoms with Crippen LogP contribution in [0.4, 0.5) is 0 Å². The van der Waals surface area contributed by atoms with Gasteiger partial charge in [-0.3, -0.25) is 14.7 Å². The zero-order chi connectivity index (χ0) is 30.4. The van der Waals surface area contributed by atoms with Gasteiger partial charge in [-0.25, -0.2) is 0 Å². The smallest absolute Gasteiger partial charge is 0.222 e. The summed E-state index contributed by atoms with van der Waals surface area (Å²) in [4.78, 5) is 12.0. The Kier molecular flexibility index (Phi) is 21.4. The number of ether oxygens (including phenoxy) is 5. The lowest BCUT2D eigenvalue weighted by Gasteiger charge is -2.40. The van der Waals surface area contributed by atoms with Crippen molar-refractivity contribution in [3.05, 3.63) is 5.43 Å². The summed E-state index contributed by atoms with van der Waals surface area (Å²) in [6.07, 6.45) is 0.237. The number of nitrogens with zero attached hydrogens (tertiary/aromatic N) is 3. The van der Waals surface area contributed by atoms with Crippen molar-refractivity contribution in [3.8, 4) is 0 Å². The van der Waals surface area contributed by atoms with Gasteiger partial charge in [0, 0.05) is 17.9 Å². The first-order chi connectivity index (χ1) is 20.5. The van der Waals surface area contributed by atoms with Crippen molar-refractivity contribution in [3.63, 3.8) is 0 Å². The van der Waals surface area contributed by atoms with E-state index in [1.165, 1.54) is 19.3 Å². The summed E-state index contributed by atoms with van der Waals surface area (Å²) < 4.78 is 30.1. The third-order valence-corrected chi connectivity index (χ3v) is 9.39. The standard InChI is InChI=1S/C25H47ClN4O10S2/c26-29-30-28-19(18-3-1-4-18)5-2-15-41-42-16-14-39-13-12-38-11-10-37-9-8-36-7-6-21(32)27-22-24(34)23(33)20(17-31)40-25(22)35/h18-20,22-25,31,33-35H,1-17H2,(H2,27,28,29,32)/p-1. The fourth-order valence-electron chi connectivity index (χ4n) is 4.30. The molecule has 1 heterocycles. The molecule has 2 fully saturated rings. The van der Waals surface area contributed by atoms with Crippen LogP contribution >= 0.6 is 33.4 Å². The molecule has 5 N–H and O–H groups in total. The van der Waals surface area contributed by atoms with Crippen LogP contribution in [0.2, 0.25) is 0 Å². The van der Waals surface area contributed by atoms with E-state index in [1.807, 2.05) is 10.8 Å². The van der Waals surface area contributed by atoms with E-state index < -0.39 is 43.2 Å². The maximum absolute atomic E-state index is 12.0. The normalized spacial score (nSPS) is 25.4. The first-order valence-electron chi connectivity index (χ1n) is 14.3. The molecule has 2 rings (SSSR count). The van der Waals surface area contributed by atoms with Gasteiger partial charge in [0.25, 0.3) is 0 Å². The summed E-state index contributed by atoms with van der Waals surface area (Å²) >= 11 is 5.26. The van der Waals surface area contributed by atoms with Gasteiger partial charge in [0.1, 0.15) is 24.4 Å². The van der Waals surface area contributed by atoms with Crippen LogP contribution in [0.1, 0.15) is 38.5 Å². The molecule has 0 aromatic rings. The second kappa shape index (κ2) is 23.8. The molecule has 0 spiro atoms. The van der Waals surface area contributed by atoms with Gasteiger partial charge in [-0.15, -0.1) is 0 Å². The van der Waals surface area contributed by atoms with E-state index in [2.05, 4.69) is 20.6 Å². The third kappa shape index (κ3) is 15.5. The fraction of sp³-hybridized carbons (Fsp3) is 0.960. The highest BCUT2D eigenvalue weighted by Gasteiger charge is 2.44. The largest absolute Gasteiger partial charge is 0.394 e. The van der Waals surface area contributed by atoms with Gasteiger partial charge in [-0.1, -0.05) is 52.6 Å². The lowest BCUT2D eigenvalue weighted by Crippen LogP contribution is -2.64. The number of carbonyl (C=O) groups excluding carboxylic acids is 1. The molecule has 1 amide bonds. The van der Waals surface area contributed by atoms with Gasteiger partial charge in [-0.2, -0.15) is 0 Å². The Labute approximate surface area is 260 Å². The van der Waals surface area contributed by atoms with Crippen LogP contribution in [-0.4, -0.2) is 134 Å². The molecule has 1 saturated carbocycles. The molecule has 0 aromatic heterocycles. The van der Waals surface area contributed by atoms with Crippen molar-refractivity contribution in [1.82, 2.24) is 5.32 Å². The van der Waals surface area contributed by atoms with Gasteiger partial charge >= 0.3 is 0 Å². The summed E-state index contributed by atoms with van der Waals surface area (Å²) in [6.45, 7) is 2.71. The average Bonchev–Trinajstić information content (AvgIpc) is 2.95. The van der Waals surface area contributed by atoms with Crippen LogP contribution in [0.25, 0.3) is 5.43 Å². The fourth-order valence-corrected chi connectivity index (χ4v) is 6.31.